The molecule has 0 spiro atoms. The summed E-state index contributed by atoms with van der Waals surface area (Å²) >= 11 is 0. The monoisotopic (exact) mass is 341 g/mol. The van der Waals surface area contributed by atoms with E-state index in [0.29, 0.717) is 18.9 Å². The summed E-state index contributed by atoms with van der Waals surface area (Å²) in [6, 6.07) is 8.11. The number of amides is 1. The number of benzene rings is 1. The Hall–Kier alpha value is -2.14. The fourth-order valence-corrected chi connectivity index (χ4v) is 3.65. The number of rotatable bonds is 7. The molecule has 0 aliphatic carbocycles. The molecule has 1 aromatic carbocycles. The molecule has 5 heteroatoms. The summed E-state index contributed by atoms with van der Waals surface area (Å²) in [4.78, 5) is 18.8. The minimum atomic E-state index is 0.0805. The summed E-state index contributed by atoms with van der Waals surface area (Å²) in [5.74, 6) is 1.79. The number of aryl methyl sites for hydroxylation is 2. The SMILES string of the molecule is CCc1nccn1CCC(=O)N1CCC(Cc2cccc(CO)c2)C1. The Balaban J connectivity index is 1.49. The predicted molar refractivity (Wildman–Crippen MR) is 97.0 cm³/mol. The van der Waals surface area contributed by atoms with Crippen LogP contribution < -0.4 is 0 Å². The number of aromatic nitrogens is 2. The maximum atomic E-state index is 12.5. The zero-order valence-electron chi connectivity index (χ0n) is 14.9. The van der Waals surface area contributed by atoms with Crippen LogP contribution in [0, 0.1) is 5.92 Å². The Kier molecular flexibility index (Phi) is 5.87. The van der Waals surface area contributed by atoms with E-state index in [0.717, 1.165) is 43.7 Å². The highest BCUT2D eigenvalue weighted by Crippen LogP contribution is 2.22. The lowest BCUT2D eigenvalue weighted by atomic mass is 9.97. The van der Waals surface area contributed by atoms with Crippen molar-refractivity contribution in [2.45, 2.75) is 45.8 Å². The van der Waals surface area contributed by atoms with E-state index in [2.05, 4.69) is 28.6 Å². The van der Waals surface area contributed by atoms with Gasteiger partial charge in [0.15, 0.2) is 0 Å². The molecule has 25 heavy (non-hydrogen) atoms. The average Bonchev–Trinajstić information content (AvgIpc) is 3.28. The van der Waals surface area contributed by atoms with Gasteiger partial charge in [-0.05, 0) is 29.9 Å². The van der Waals surface area contributed by atoms with Gasteiger partial charge in [-0.2, -0.15) is 0 Å². The average molecular weight is 341 g/mol. The van der Waals surface area contributed by atoms with Crippen molar-refractivity contribution in [2.75, 3.05) is 13.1 Å². The van der Waals surface area contributed by atoms with Crippen LogP contribution in [0.15, 0.2) is 36.7 Å². The molecule has 1 amide bonds. The summed E-state index contributed by atoms with van der Waals surface area (Å²) in [7, 11) is 0. The third-order valence-corrected chi connectivity index (χ3v) is 5.02. The van der Waals surface area contributed by atoms with Crippen LogP contribution >= 0.6 is 0 Å². The minimum absolute atomic E-state index is 0.0805. The molecular weight excluding hydrogens is 314 g/mol. The van der Waals surface area contributed by atoms with E-state index in [-0.39, 0.29) is 12.5 Å². The van der Waals surface area contributed by atoms with Crippen LogP contribution in [-0.2, 0) is 30.8 Å². The Bertz CT molecular complexity index is 710. The highest BCUT2D eigenvalue weighted by atomic mass is 16.3. The first-order valence-electron chi connectivity index (χ1n) is 9.16. The fourth-order valence-electron chi connectivity index (χ4n) is 3.65. The molecule has 1 atom stereocenters. The highest BCUT2D eigenvalue weighted by Gasteiger charge is 2.26. The van der Waals surface area contributed by atoms with Gasteiger partial charge in [0.05, 0.1) is 6.61 Å². The lowest BCUT2D eigenvalue weighted by Crippen LogP contribution is -2.29. The second-order valence-electron chi connectivity index (χ2n) is 6.82. The van der Waals surface area contributed by atoms with Gasteiger partial charge in [0.25, 0.3) is 0 Å². The van der Waals surface area contributed by atoms with Crippen molar-refractivity contribution in [2.24, 2.45) is 5.92 Å². The molecule has 1 fully saturated rings. The summed E-state index contributed by atoms with van der Waals surface area (Å²) < 4.78 is 2.08. The molecule has 0 radical (unpaired) electrons. The van der Waals surface area contributed by atoms with E-state index in [4.69, 9.17) is 0 Å². The van der Waals surface area contributed by atoms with Gasteiger partial charge in [-0.25, -0.2) is 4.98 Å². The summed E-state index contributed by atoms with van der Waals surface area (Å²) in [6.07, 6.45) is 7.21. The number of aliphatic hydroxyl groups is 1. The molecule has 1 aliphatic heterocycles. The predicted octanol–water partition coefficient (Wildman–Crippen LogP) is 2.42. The number of hydrogen-bond acceptors (Lipinski definition) is 3. The van der Waals surface area contributed by atoms with Crippen LogP contribution in [0.3, 0.4) is 0 Å². The molecule has 5 nitrogen and oxygen atoms in total. The minimum Gasteiger partial charge on any atom is -0.392 e. The zero-order chi connectivity index (χ0) is 17.6. The molecule has 1 unspecified atom stereocenters. The van der Waals surface area contributed by atoms with Crippen molar-refractivity contribution in [3.63, 3.8) is 0 Å². The first-order valence-corrected chi connectivity index (χ1v) is 9.16. The lowest BCUT2D eigenvalue weighted by Gasteiger charge is -2.17. The lowest BCUT2D eigenvalue weighted by molar-refractivity contribution is -0.130. The standard InChI is InChI=1S/C20H27N3O2/c1-2-19-21-8-11-22(19)10-7-20(25)23-9-6-17(14-23)12-16-4-3-5-18(13-16)15-24/h3-5,8,11,13,17,24H,2,6-7,9-10,12,14-15H2,1H3. The van der Waals surface area contributed by atoms with Crippen LogP contribution in [0.1, 0.15) is 36.7 Å². The molecular formula is C20H27N3O2. The van der Waals surface area contributed by atoms with E-state index in [9.17, 15) is 9.90 Å². The molecule has 2 aromatic rings. The van der Waals surface area contributed by atoms with Crippen molar-refractivity contribution >= 4 is 5.91 Å². The number of likely N-dealkylation sites (tertiary alicyclic amines) is 1. The Morgan fingerprint density at radius 2 is 2.20 bits per heavy atom. The van der Waals surface area contributed by atoms with Crippen molar-refractivity contribution in [1.82, 2.24) is 14.5 Å². The second-order valence-corrected chi connectivity index (χ2v) is 6.82. The van der Waals surface area contributed by atoms with E-state index < -0.39 is 0 Å². The molecule has 1 N–H and O–H groups in total. The van der Waals surface area contributed by atoms with Crippen LogP contribution in [0.4, 0.5) is 0 Å². The van der Waals surface area contributed by atoms with Crippen LogP contribution in [0.5, 0.6) is 0 Å². The second kappa shape index (κ2) is 8.30. The third-order valence-electron chi connectivity index (χ3n) is 5.02. The first-order chi connectivity index (χ1) is 12.2. The van der Waals surface area contributed by atoms with Gasteiger partial charge in [-0.3, -0.25) is 4.79 Å². The van der Waals surface area contributed by atoms with Gasteiger partial charge in [0.1, 0.15) is 5.82 Å². The molecule has 1 aromatic heterocycles. The third kappa shape index (κ3) is 4.48. The molecule has 0 bridgehead atoms. The molecule has 134 valence electrons. The largest absolute Gasteiger partial charge is 0.392 e. The van der Waals surface area contributed by atoms with Gasteiger partial charge in [0.2, 0.25) is 5.91 Å². The molecule has 3 rings (SSSR count). The number of aliphatic hydroxyl groups excluding tert-OH is 1. The summed E-state index contributed by atoms with van der Waals surface area (Å²) in [5.41, 5.74) is 2.20. The summed E-state index contributed by atoms with van der Waals surface area (Å²) in [5, 5.41) is 9.25. The molecule has 0 saturated carbocycles. The van der Waals surface area contributed by atoms with E-state index in [1.807, 2.05) is 23.2 Å². The van der Waals surface area contributed by atoms with E-state index in [1.54, 1.807) is 6.20 Å². The number of carbonyl (C=O) groups excluding carboxylic acids is 1. The van der Waals surface area contributed by atoms with Gasteiger partial charge in [-0.15, -0.1) is 0 Å². The van der Waals surface area contributed by atoms with Crippen LogP contribution in [-0.4, -0.2) is 38.6 Å². The normalized spacial score (nSPS) is 17.2. The van der Waals surface area contributed by atoms with Crippen LogP contribution in [0.2, 0.25) is 0 Å². The summed E-state index contributed by atoms with van der Waals surface area (Å²) in [6.45, 7) is 4.57. The number of carbonyl (C=O) groups is 1. The van der Waals surface area contributed by atoms with Crippen molar-refractivity contribution in [1.29, 1.82) is 0 Å². The number of nitrogens with zero attached hydrogens (tertiary/aromatic N) is 3. The maximum Gasteiger partial charge on any atom is 0.224 e. The van der Waals surface area contributed by atoms with Crippen molar-refractivity contribution in [3.8, 4) is 0 Å². The van der Waals surface area contributed by atoms with Crippen molar-refractivity contribution in [3.05, 3.63) is 53.6 Å². The quantitative estimate of drug-likeness (QED) is 0.841. The first kappa shape index (κ1) is 17.7. The Morgan fingerprint density at radius 3 is 3.00 bits per heavy atom. The van der Waals surface area contributed by atoms with Gasteiger partial charge < -0.3 is 14.6 Å². The maximum absolute atomic E-state index is 12.5. The smallest absolute Gasteiger partial charge is 0.224 e. The molecule has 1 saturated heterocycles. The van der Waals surface area contributed by atoms with Crippen molar-refractivity contribution < 1.29 is 9.90 Å². The van der Waals surface area contributed by atoms with E-state index >= 15 is 0 Å². The molecule has 2 heterocycles. The molecule has 1 aliphatic rings. The topological polar surface area (TPSA) is 58.4 Å². The fraction of sp³-hybridized carbons (Fsp3) is 0.500. The van der Waals surface area contributed by atoms with Crippen LogP contribution in [0.25, 0.3) is 0 Å². The Morgan fingerprint density at radius 1 is 1.36 bits per heavy atom. The number of hydrogen-bond donors (Lipinski definition) is 1. The van der Waals surface area contributed by atoms with Gasteiger partial charge in [0, 0.05) is 44.9 Å². The van der Waals surface area contributed by atoms with Gasteiger partial charge in [-0.1, -0.05) is 31.2 Å². The highest BCUT2D eigenvalue weighted by molar-refractivity contribution is 5.76. The van der Waals surface area contributed by atoms with Gasteiger partial charge >= 0.3 is 0 Å². The van der Waals surface area contributed by atoms with E-state index in [1.165, 1.54) is 5.56 Å². The number of imidazole rings is 1. The Labute approximate surface area is 149 Å². The zero-order valence-corrected chi connectivity index (χ0v) is 14.9.